The zero-order valence-electron chi connectivity index (χ0n) is 11.0. The topological polar surface area (TPSA) is 54.4 Å². The van der Waals surface area contributed by atoms with Gasteiger partial charge in [-0.3, -0.25) is 0 Å². The number of pyridine rings is 1. The molecule has 1 saturated heterocycles. The maximum Gasteiger partial charge on any atom is 0.128 e. The van der Waals surface area contributed by atoms with Crippen molar-refractivity contribution in [3.8, 4) is 0 Å². The first-order valence-corrected chi connectivity index (χ1v) is 7.15. The molecule has 104 valence electrons. The Balaban J connectivity index is 1.86. The van der Waals surface area contributed by atoms with Gasteiger partial charge in [-0.2, -0.15) is 0 Å². The van der Waals surface area contributed by atoms with E-state index in [1.54, 1.807) is 0 Å². The number of hydrogen-bond donors (Lipinski definition) is 2. The lowest BCUT2D eigenvalue weighted by atomic mass is 9.93. The van der Waals surface area contributed by atoms with Crippen LogP contribution in [0.1, 0.15) is 25.5 Å². The largest absolute Gasteiger partial charge is 0.394 e. The van der Waals surface area contributed by atoms with E-state index in [0.29, 0.717) is 10.9 Å². The Morgan fingerprint density at radius 1 is 1.63 bits per heavy atom. The first-order valence-electron chi connectivity index (χ1n) is 6.77. The second-order valence-corrected chi connectivity index (χ2v) is 6.10. The van der Waals surface area contributed by atoms with Gasteiger partial charge in [0, 0.05) is 23.1 Å². The molecule has 2 aliphatic rings. The van der Waals surface area contributed by atoms with Gasteiger partial charge < -0.3 is 15.2 Å². The van der Waals surface area contributed by atoms with Crippen LogP contribution >= 0.6 is 11.6 Å². The summed E-state index contributed by atoms with van der Waals surface area (Å²) in [7, 11) is 0. The first-order chi connectivity index (χ1) is 9.14. The third kappa shape index (κ3) is 2.45. The number of hydrogen-bond acceptors (Lipinski definition) is 4. The molecule has 5 heteroatoms. The summed E-state index contributed by atoms with van der Waals surface area (Å²) < 4.78 is 5.50. The quantitative estimate of drug-likeness (QED) is 0.889. The lowest BCUT2D eigenvalue weighted by Crippen LogP contribution is -2.24. The van der Waals surface area contributed by atoms with Crippen LogP contribution in [0.15, 0.2) is 12.1 Å². The van der Waals surface area contributed by atoms with Gasteiger partial charge in [-0.1, -0.05) is 11.6 Å². The highest BCUT2D eigenvalue weighted by Gasteiger charge is 2.57. The van der Waals surface area contributed by atoms with E-state index in [0.717, 1.165) is 37.6 Å². The van der Waals surface area contributed by atoms with Crippen LogP contribution in [-0.2, 0) is 10.2 Å². The Hall–Kier alpha value is -0.840. The Bertz CT molecular complexity index is 483. The molecule has 1 aromatic heterocycles. The van der Waals surface area contributed by atoms with Crippen molar-refractivity contribution in [1.29, 1.82) is 0 Å². The number of ether oxygens (including phenoxy) is 1. The van der Waals surface area contributed by atoms with E-state index < -0.39 is 0 Å². The van der Waals surface area contributed by atoms with Gasteiger partial charge in [0.05, 0.1) is 18.9 Å². The van der Waals surface area contributed by atoms with Gasteiger partial charge in [0.15, 0.2) is 0 Å². The monoisotopic (exact) mass is 282 g/mol. The molecular weight excluding hydrogens is 264 g/mol. The number of halogens is 1. The Labute approximate surface area is 118 Å². The molecule has 0 spiro atoms. The smallest absolute Gasteiger partial charge is 0.128 e. The van der Waals surface area contributed by atoms with Gasteiger partial charge in [-0.25, -0.2) is 4.98 Å². The van der Waals surface area contributed by atoms with E-state index in [9.17, 15) is 0 Å². The van der Waals surface area contributed by atoms with Crippen LogP contribution in [-0.4, -0.2) is 36.0 Å². The maximum absolute atomic E-state index is 9.10. The molecule has 4 nitrogen and oxygen atoms in total. The van der Waals surface area contributed by atoms with Gasteiger partial charge in [0.2, 0.25) is 0 Å². The van der Waals surface area contributed by atoms with Crippen molar-refractivity contribution < 1.29 is 9.84 Å². The minimum atomic E-state index is -0.0268. The third-order valence-corrected chi connectivity index (χ3v) is 4.43. The molecule has 0 radical (unpaired) electrons. The van der Waals surface area contributed by atoms with Crippen LogP contribution in [0.3, 0.4) is 0 Å². The lowest BCUT2D eigenvalue weighted by Gasteiger charge is -2.23. The fourth-order valence-corrected chi connectivity index (χ4v) is 3.16. The van der Waals surface area contributed by atoms with Gasteiger partial charge >= 0.3 is 0 Å². The summed E-state index contributed by atoms with van der Waals surface area (Å²) in [5.41, 5.74) is 1.25. The molecule has 2 unspecified atom stereocenters. The average molecular weight is 283 g/mol. The van der Waals surface area contributed by atoms with Gasteiger partial charge in [0.1, 0.15) is 5.82 Å². The predicted octanol–water partition coefficient (Wildman–Crippen LogP) is 2.21. The Kier molecular flexibility index (Phi) is 3.41. The zero-order valence-corrected chi connectivity index (χ0v) is 11.8. The summed E-state index contributed by atoms with van der Waals surface area (Å²) in [6, 6.07) is 3.76. The molecule has 0 bridgehead atoms. The number of aromatic nitrogens is 1. The number of aliphatic hydroxyl groups is 1. The van der Waals surface area contributed by atoms with Crippen LogP contribution < -0.4 is 5.32 Å². The molecule has 2 fully saturated rings. The summed E-state index contributed by atoms with van der Waals surface area (Å²) in [4.78, 5) is 4.70. The number of fused-ring (bicyclic) bond motifs is 1. The SMILES string of the molecule is C[C@H](CO)Nc1cc(Cl)cc(C23CCOCC2C3)n1. The second kappa shape index (κ2) is 4.93. The van der Waals surface area contributed by atoms with Crippen molar-refractivity contribution >= 4 is 17.4 Å². The number of rotatable bonds is 4. The van der Waals surface area contributed by atoms with E-state index in [4.69, 9.17) is 26.4 Å². The van der Waals surface area contributed by atoms with Crippen molar-refractivity contribution in [2.75, 3.05) is 25.1 Å². The third-order valence-electron chi connectivity index (χ3n) is 4.21. The highest BCUT2D eigenvalue weighted by molar-refractivity contribution is 6.30. The van der Waals surface area contributed by atoms with E-state index in [1.165, 1.54) is 0 Å². The summed E-state index contributed by atoms with van der Waals surface area (Å²) in [5.74, 6) is 1.34. The normalized spacial score (nSPS) is 30.6. The number of anilines is 1. The fraction of sp³-hybridized carbons (Fsp3) is 0.643. The molecular formula is C14H19ClN2O2. The number of nitrogens with zero attached hydrogens (tertiary/aromatic N) is 1. The minimum Gasteiger partial charge on any atom is -0.394 e. The van der Waals surface area contributed by atoms with Crippen LogP contribution in [0.4, 0.5) is 5.82 Å². The molecule has 1 saturated carbocycles. The van der Waals surface area contributed by atoms with E-state index in [2.05, 4.69) is 5.32 Å². The Morgan fingerprint density at radius 2 is 2.47 bits per heavy atom. The van der Waals surface area contributed by atoms with Crippen molar-refractivity contribution in [2.45, 2.75) is 31.2 Å². The van der Waals surface area contributed by atoms with Crippen molar-refractivity contribution in [3.63, 3.8) is 0 Å². The maximum atomic E-state index is 9.10. The molecule has 3 rings (SSSR count). The molecule has 2 heterocycles. The van der Waals surface area contributed by atoms with Gasteiger partial charge in [0.25, 0.3) is 0 Å². The highest BCUT2D eigenvalue weighted by atomic mass is 35.5. The van der Waals surface area contributed by atoms with Crippen LogP contribution in [0, 0.1) is 5.92 Å². The average Bonchev–Trinajstić information content (AvgIpc) is 3.13. The van der Waals surface area contributed by atoms with Crippen molar-refractivity contribution in [1.82, 2.24) is 4.98 Å². The van der Waals surface area contributed by atoms with Crippen molar-refractivity contribution in [2.24, 2.45) is 5.92 Å². The zero-order chi connectivity index (χ0) is 13.5. The van der Waals surface area contributed by atoms with Crippen LogP contribution in [0.2, 0.25) is 5.02 Å². The summed E-state index contributed by atoms with van der Waals surface area (Å²) >= 11 is 6.20. The number of nitrogens with one attached hydrogen (secondary N) is 1. The minimum absolute atomic E-state index is 0.0268. The molecule has 1 aliphatic heterocycles. The molecule has 19 heavy (non-hydrogen) atoms. The van der Waals surface area contributed by atoms with E-state index in [1.807, 2.05) is 19.1 Å². The Morgan fingerprint density at radius 3 is 3.21 bits per heavy atom. The summed E-state index contributed by atoms with van der Waals surface area (Å²) in [5, 5.41) is 13.0. The standard InChI is InChI=1S/C14H19ClN2O2/c1-9(7-18)16-13-5-11(15)4-12(17-13)14-2-3-19-8-10(14)6-14/h4-5,9-10,18H,2-3,6-8H2,1H3,(H,16,17)/t9-,10?,14?/m1/s1. The van der Waals surface area contributed by atoms with E-state index >= 15 is 0 Å². The lowest BCUT2D eigenvalue weighted by molar-refractivity contribution is 0.0794. The molecule has 0 amide bonds. The number of aliphatic hydroxyl groups excluding tert-OH is 1. The molecule has 3 atom stereocenters. The van der Waals surface area contributed by atoms with Crippen LogP contribution in [0.25, 0.3) is 0 Å². The molecule has 1 aliphatic carbocycles. The predicted molar refractivity (Wildman–Crippen MR) is 74.6 cm³/mol. The molecule has 0 aromatic carbocycles. The fourth-order valence-electron chi connectivity index (χ4n) is 2.95. The summed E-state index contributed by atoms with van der Waals surface area (Å²) in [6.45, 7) is 3.63. The highest BCUT2D eigenvalue weighted by Crippen LogP contribution is 2.58. The first kappa shape index (κ1) is 13.2. The second-order valence-electron chi connectivity index (χ2n) is 5.67. The molecule has 1 aromatic rings. The van der Waals surface area contributed by atoms with Crippen molar-refractivity contribution in [3.05, 3.63) is 22.8 Å². The van der Waals surface area contributed by atoms with E-state index in [-0.39, 0.29) is 18.1 Å². The van der Waals surface area contributed by atoms with Gasteiger partial charge in [-0.05, 0) is 37.8 Å². The summed E-state index contributed by atoms with van der Waals surface area (Å²) in [6.07, 6.45) is 2.18. The molecule has 2 N–H and O–H groups in total. The van der Waals surface area contributed by atoms with Gasteiger partial charge in [-0.15, -0.1) is 0 Å². The van der Waals surface area contributed by atoms with Crippen LogP contribution in [0.5, 0.6) is 0 Å².